The molecule has 0 saturated heterocycles. The second-order valence-electron chi connectivity index (χ2n) is 8.33. The van der Waals surface area contributed by atoms with Crippen molar-refractivity contribution in [3.05, 3.63) is 28.6 Å². The van der Waals surface area contributed by atoms with Crippen LogP contribution in [0.2, 0.25) is 0 Å². The number of aromatic nitrogens is 6. The number of nitrogens with one attached hydrogen (secondary N) is 2. The van der Waals surface area contributed by atoms with E-state index >= 15 is 0 Å². The van der Waals surface area contributed by atoms with Gasteiger partial charge in [0.25, 0.3) is 5.69 Å². The van der Waals surface area contributed by atoms with Crippen molar-refractivity contribution in [3.63, 3.8) is 0 Å². The zero-order chi connectivity index (χ0) is 19.3. The number of hydrogen-bond acceptors (Lipinski definition) is 5. The third-order valence-corrected chi connectivity index (χ3v) is 3.93. The SMILES string of the molecule is [C-]#[N+]c1c(N=Nc2c(C(C)(C)C)nn3nc(C)[nH]c23)n[nH]c1C(C)(C)C. The van der Waals surface area contributed by atoms with E-state index < -0.39 is 0 Å². The van der Waals surface area contributed by atoms with Gasteiger partial charge in [-0.05, 0) is 12.3 Å². The summed E-state index contributed by atoms with van der Waals surface area (Å²) in [4.78, 5) is 6.76. The molecule has 0 saturated carbocycles. The van der Waals surface area contributed by atoms with Crippen molar-refractivity contribution in [2.75, 3.05) is 0 Å². The summed E-state index contributed by atoms with van der Waals surface area (Å²) in [7, 11) is 0. The van der Waals surface area contributed by atoms with Gasteiger partial charge in [-0.3, -0.25) is 5.10 Å². The molecule has 26 heavy (non-hydrogen) atoms. The van der Waals surface area contributed by atoms with Crippen LogP contribution in [0.25, 0.3) is 10.5 Å². The molecule has 0 atom stereocenters. The molecule has 0 amide bonds. The number of hydrogen-bond donors (Lipinski definition) is 2. The van der Waals surface area contributed by atoms with Crippen LogP contribution in [0.4, 0.5) is 17.2 Å². The van der Waals surface area contributed by atoms with Crippen LogP contribution in [0, 0.1) is 13.5 Å². The second-order valence-corrected chi connectivity index (χ2v) is 8.33. The fourth-order valence-electron chi connectivity index (χ4n) is 2.64. The molecule has 136 valence electrons. The molecule has 9 heteroatoms. The summed E-state index contributed by atoms with van der Waals surface area (Å²) in [5, 5.41) is 24.6. The summed E-state index contributed by atoms with van der Waals surface area (Å²) in [6.07, 6.45) is 0. The number of nitrogens with zero attached hydrogens (tertiary/aromatic N) is 7. The molecule has 3 aromatic rings. The van der Waals surface area contributed by atoms with Crippen molar-refractivity contribution >= 4 is 22.8 Å². The molecule has 2 N–H and O–H groups in total. The van der Waals surface area contributed by atoms with E-state index in [1.165, 1.54) is 4.63 Å². The van der Waals surface area contributed by atoms with Crippen LogP contribution in [0.3, 0.4) is 0 Å². The fourth-order valence-corrected chi connectivity index (χ4v) is 2.64. The van der Waals surface area contributed by atoms with Crippen LogP contribution >= 0.6 is 0 Å². The normalized spacial score (nSPS) is 13.0. The first-order chi connectivity index (χ1) is 12.0. The van der Waals surface area contributed by atoms with Gasteiger partial charge in [0.05, 0.1) is 12.3 Å². The molecule has 9 nitrogen and oxygen atoms in total. The number of rotatable bonds is 2. The van der Waals surface area contributed by atoms with Crippen molar-refractivity contribution in [3.8, 4) is 0 Å². The van der Waals surface area contributed by atoms with Crippen molar-refractivity contribution in [1.82, 2.24) is 30.0 Å². The van der Waals surface area contributed by atoms with Crippen LogP contribution in [0.1, 0.15) is 58.8 Å². The first-order valence-corrected chi connectivity index (χ1v) is 8.36. The highest BCUT2D eigenvalue weighted by Gasteiger charge is 2.27. The molecule has 0 aromatic carbocycles. The predicted octanol–water partition coefficient (Wildman–Crippen LogP) is 4.65. The van der Waals surface area contributed by atoms with Crippen molar-refractivity contribution in [2.45, 2.75) is 59.3 Å². The van der Waals surface area contributed by atoms with E-state index in [-0.39, 0.29) is 16.6 Å². The van der Waals surface area contributed by atoms with E-state index in [1.807, 2.05) is 27.7 Å². The predicted molar refractivity (Wildman–Crippen MR) is 98.5 cm³/mol. The van der Waals surface area contributed by atoms with Gasteiger partial charge in [0, 0.05) is 11.1 Å². The highest BCUT2D eigenvalue weighted by Crippen LogP contribution is 2.39. The Morgan fingerprint density at radius 3 is 2.31 bits per heavy atom. The Labute approximate surface area is 151 Å². The monoisotopic (exact) mass is 353 g/mol. The Morgan fingerprint density at radius 1 is 1.04 bits per heavy atom. The van der Waals surface area contributed by atoms with Gasteiger partial charge < -0.3 is 4.98 Å². The molecule has 0 spiro atoms. The molecule has 0 aliphatic rings. The Kier molecular flexibility index (Phi) is 3.94. The lowest BCUT2D eigenvalue weighted by Crippen LogP contribution is -2.12. The van der Waals surface area contributed by atoms with Crippen LogP contribution in [0.15, 0.2) is 10.2 Å². The Morgan fingerprint density at radius 2 is 1.73 bits per heavy atom. The van der Waals surface area contributed by atoms with E-state index in [2.05, 4.69) is 61.2 Å². The average molecular weight is 353 g/mol. The van der Waals surface area contributed by atoms with E-state index in [4.69, 9.17) is 6.57 Å². The lowest BCUT2D eigenvalue weighted by Gasteiger charge is -2.16. The molecular weight excluding hydrogens is 330 g/mol. The molecule has 0 aliphatic carbocycles. The van der Waals surface area contributed by atoms with Gasteiger partial charge in [-0.15, -0.1) is 20.0 Å². The lowest BCUT2D eigenvalue weighted by molar-refractivity contribution is 0.557. The van der Waals surface area contributed by atoms with E-state index in [9.17, 15) is 0 Å². The van der Waals surface area contributed by atoms with E-state index in [0.717, 1.165) is 17.2 Å². The summed E-state index contributed by atoms with van der Waals surface area (Å²) >= 11 is 0. The quantitative estimate of drug-likeness (QED) is 0.517. The number of aryl methyl sites for hydroxylation is 1. The largest absolute Gasteiger partial charge is 0.324 e. The number of aromatic amines is 2. The van der Waals surface area contributed by atoms with Crippen molar-refractivity contribution in [1.29, 1.82) is 0 Å². The summed E-state index contributed by atoms with van der Waals surface area (Å²) in [5.41, 5.74) is 2.72. The molecule has 3 heterocycles. The van der Waals surface area contributed by atoms with Crippen molar-refractivity contribution in [2.24, 2.45) is 10.2 Å². The summed E-state index contributed by atoms with van der Waals surface area (Å²) in [5.74, 6) is 1.02. The zero-order valence-electron chi connectivity index (χ0n) is 16.1. The van der Waals surface area contributed by atoms with E-state index in [1.54, 1.807) is 0 Å². The third kappa shape index (κ3) is 2.98. The smallest absolute Gasteiger partial charge is 0.255 e. The van der Waals surface area contributed by atoms with Crippen LogP contribution in [-0.4, -0.2) is 30.0 Å². The molecule has 0 aliphatic heterocycles. The molecule has 0 bridgehead atoms. The maximum atomic E-state index is 7.48. The highest BCUT2D eigenvalue weighted by atomic mass is 15.5. The average Bonchev–Trinajstić information content (AvgIpc) is 3.15. The molecule has 3 rings (SSSR count). The Hall–Kier alpha value is -3.02. The standard InChI is InChI=1S/C17H23N9/c1-9-19-15-11(13(17(5,6)7)25-26(15)24-9)20-22-14-10(18-8)12(21-23-14)16(2,3)4/h1-7H3,(H,19,24)(H,21,23). The number of fused-ring (bicyclic) bond motifs is 1. The van der Waals surface area contributed by atoms with Crippen LogP contribution in [0.5, 0.6) is 0 Å². The van der Waals surface area contributed by atoms with Crippen LogP contribution < -0.4 is 0 Å². The minimum Gasteiger partial charge on any atom is -0.324 e. The number of H-pyrrole nitrogens is 2. The van der Waals surface area contributed by atoms with E-state index in [0.29, 0.717) is 17.0 Å². The van der Waals surface area contributed by atoms with Gasteiger partial charge in [-0.2, -0.15) is 10.2 Å². The van der Waals surface area contributed by atoms with Gasteiger partial charge in [0.15, 0.2) is 11.3 Å². The topological polar surface area (TPSA) is 104 Å². The summed E-state index contributed by atoms with van der Waals surface area (Å²) in [6, 6.07) is 0. The van der Waals surface area contributed by atoms with Gasteiger partial charge in [-0.1, -0.05) is 41.5 Å². The maximum absolute atomic E-state index is 7.48. The Balaban J connectivity index is 2.12. The lowest BCUT2D eigenvalue weighted by atomic mass is 9.91. The first-order valence-electron chi connectivity index (χ1n) is 8.36. The maximum Gasteiger partial charge on any atom is 0.255 e. The number of azo groups is 1. The third-order valence-electron chi connectivity index (χ3n) is 3.93. The molecule has 0 unspecified atom stereocenters. The molecule has 3 aromatic heterocycles. The Bertz CT molecular complexity index is 1030. The van der Waals surface area contributed by atoms with Gasteiger partial charge in [0.2, 0.25) is 5.82 Å². The van der Waals surface area contributed by atoms with Crippen molar-refractivity contribution < 1.29 is 0 Å². The summed E-state index contributed by atoms with van der Waals surface area (Å²) in [6.45, 7) is 21.5. The second kappa shape index (κ2) is 5.76. The van der Waals surface area contributed by atoms with Gasteiger partial charge >= 0.3 is 0 Å². The zero-order valence-corrected chi connectivity index (χ0v) is 16.1. The molecule has 0 radical (unpaired) electrons. The van der Waals surface area contributed by atoms with Crippen LogP contribution in [-0.2, 0) is 10.8 Å². The highest BCUT2D eigenvalue weighted by molar-refractivity contribution is 5.69. The summed E-state index contributed by atoms with van der Waals surface area (Å²) < 4.78 is 1.53. The first kappa shape index (κ1) is 17.8. The molecule has 0 fully saturated rings. The molecular formula is C17H23N9. The minimum absolute atomic E-state index is 0.233. The van der Waals surface area contributed by atoms with Gasteiger partial charge in [-0.25, -0.2) is 4.85 Å². The minimum atomic E-state index is -0.235. The van der Waals surface area contributed by atoms with Gasteiger partial charge in [0.1, 0.15) is 5.82 Å². The fraction of sp³-hybridized carbons (Fsp3) is 0.529.